The third-order valence-corrected chi connectivity index (χ3v) is 3.83. The average Bonchev–Trinajstić information content (AvgIpc) is 2.75. The smallest absolute Gasteiger partial charge is 0.307 e. The van der Waals surface area contributed by atoms with Crippen molar-refractivity contribution in [3.05, 3.63) is 0 Å². The highest BCUT2D eigenvalue weighted by Gasteiger charge is 2.31. The van der Waals surface area contributed by atoms with E-state index in [9.17, 15) is 4.79 Å². The van der Waals surface area contributed by atoms with Crippen molar-refractivity contribution < 1.29 is 9.53 Å². The van der Waals surface area contributed by atoms with Gasteiger partial charge < -0.3 is 10.5 Å². The topological polar surface area (TPSA) is 55.6 Å². The third kappa shape index (κ3) is 3.19. The number of ether oxygens (including phenoxy) is 1. The van der Waals surface area contributed by atoms with Crippen molar-refractivity contribution in [2.24, 2.45) is 11.7 Å². The van der Waals surface area contributed by atoms with Crippen molar-refractivity contribution in [1.82, 2.24) is 4.90 Å². The minimum Gasteiger partial charge on any atom is -0.469 e. The van der Waals surface area contributed by atoms with E-state index < -0.39 is 0 Å². The van der Waals surface area contributed by atoms with E-state index in [0.717, 1.165) is 6.54 Å². The van der Waals surface area contributed by atoms with Crippen molar-refractivity contribution in [2.45, 2.75) is 44.7 Å². The molecule has 0 aromatic carbocycles. The Kier molecular flexibility index (Phi) is 5.22. The van der Waals surface area contributed by atoms with Crippen LogP contribution in [0.3, 0.4) is 0 Å². The summed E-state index contributed by atoms with van der Waals surface area (Å²) in [5.41, 5.74) is 5.77. The van der Waals surface area contributed by atoms with E-state index >= 15 is 0 Å². The summed E-state index contributed by atoms with van der Waals surface area (Å²) < 4.78 is 4.70. The van der Waals surface area contributed by atoms with Gasteiger partial charge in [-0.15, -0.1) is 0 Å². The van der Waals surface area contributed by atoms with Crippen LogP contribution in [0.5, 0.6) is 0 Å². The molecule has 3 atom stereocenters. The van der Waals surface area contributed by atoms with Gasteiger partial charge >= 0.3 is 5.97 Å². The lowest BCUT2D eigenvalue weighted by molar-refractivity contribution is -0.142. The van der Waals surface area contributed by atoms with Gasteiger partial charge in [-0.25, -0.2) is 0 Å². The number of methoxy groups -OCH3 is 1. The quantitative estimate of drug-likeness (QED) is 0.713. The number of rotatable bonds is 5. The molecule has 0 heterocycles. The Balaban J connectivity index is 2.48. The van der Waals surface area contributed by atoms with E-state index in [4.69, 9.17) is 10.5 Å². The second kappa shape index (κ2) is 6.21. The molecule has 2 N–H and O–H groups in total. The van der Waals surface area contributed by atoms with Gasteiger partial charge in [0.05, 0.1) is 13.5 Å². The lowest BCUT2D eigenvalue weighted by Gasteiger charge is -2.33. The van der Waals surface area contributed by atoms with Crippen molar-refractivity contribution >= 4 is 5.97 Å². The normalized spacial score (nSPS) is 27.1. The second-order valence-corrected chi connectivity index (χ2v) is 4.79. The Morgan fingerprint density at radius 3 is 2.81 bits per heavy atom. The molecule has 1 rings (SSSR count). The molecule has 1 saturated carbocycles. The molecule has 4 nitrogen and oxygen atoms in total. The predicted octanol–water partition coefficient (Wildman–Crippen LogP) is 0.997. The Labute approximate surface area is 98.1 Å². The molecule has 94 valence electrons. The van der Waals surface area contributed by atoms with Gasteiger partial charge in [0, 0.05) is 12.1 Å². The number of esters is 1. The molecule has 1 aliphatic carbocycles. The van der Waals surface area contributed by atoms with Gasteiger partial charge in [-0.1, -0.05) is 6.42 Å². The molecule has 0 aliphatic heterocycles. The van der Waals surface area contributed by atoms with E-state index in [1.54, 1.807) is 0 Å². The molecule has 0 aromatic heterocycles. The SMILES string of the molecule is COC(=O)CC(C)N(C)C1CCCC1CN. The van der Waals surface area contributed by atoms with E-state index in [1.807, 2.05) is 0 Å². The van der Waals surface area contributed by atoms with Crippen LogP contribution >= 0.6 is 0 Å². The Morgan fingerprint density at radius 1 is 1.56 bits per heavy atom. The summed E-state index contributed by atoms with van der Waals surface area (Å²) in [6, 6.07) is 0.759. The molecule has 1 fully saturated rings. The summed E-state index contributed by atoms with van der Waals surface area (Å²) in [5, 5.41) is 0. The highest BCUT2D eigenvalue weighted by molar-refractivity contribution is 5.69. The van der Waals surface area contributed by atoms with Crippen molar-refractivity contribution in [3.63, 3.8) is 0 Å². The largest absolute Gasteiger partial charge is 0.469 e. The first-order valence-electron chi connectivity index (χ1n) is 6.09. The van der Waals surface area contributed by atoms with Gasteiger partial charge in [-0.2, -0.15) is 0 Å². The maximum atomic E-state index is 11.2. The minimum atomic E-state index is -0.137. The summed E-state index contributed by atoms with van der Waals surface area (Å²) >= 11 is 0. The fourth-order valence-corrected chi connectivity index (χ4v) is 2.62. The highest BCUT2D eigenvalue weighted by Crippen LogP contribution is 2.29. The minimum absolute atomic E-state index is 0.137. The number of carbonyl (C=O) groups excluding carboxylic acids is 1. The molecule has 0 bridgehead atoms. The van der Waals surface area contributed by atoms with Crippen molar-refractivity contribution in [3.8, 4) is 0 Å². The van der Waals surface area contributed by atoms with Gasteiger partial charge in [0.25, 0.3) is 0 Å². The fraction of sp³-hybridized carbons (Fsp3) is 0.917. The average molecular weight is 228 g/mol. The summed E-state index contributed by atoms with van der Waals surface area (Å²) in [6.07, 6.45) is 4.13. The van der Waals surface area contributed by atoms with Crippen LogP contribution in [0, 0.1) is 5.92 Å². The molecule has 4 heteroatoms. The van der Waals surface area contributed by atoms with Gasteiger partial charge in [0.15, 0.2) is 0 Å². The van der Waals surface area contributed by atoms with Gasteiger partial charge in [-0.3, -0.25) is 9.69 Å². The Bertz CT molecular complexity index is 233. The zero-order valence-corrected chi connectivity index (χ0v) is 10.6. The van der Waals surface area contributed by atoms with Crippen LogP contribution in [0.25, 0.3) is 0 Å². The predicted molar refractivity (Wildman–Crippen MR) is 64.0 cm³/mol. The Hall–Kier alpha value is -0.610. The summed E-state index contributed by atoms with van der Waals surface area (Å²) in [4.78, 5) is 13.5. The van der Waals surface area contributed by atoms with Crippen LogP contribution in [0.2, 0.25) is 0 Å². The van der Waals surface area contributed by atoms with E-state index in [0.29, 0.717) is 18.4 Å². The molecule has 0 aromatic rings. The van der Waals surface area contributed by atoms with Crippen molar-refractivity contribution in [2.75, 3.05) is 20.7 Å². The lowest BCUT2D eigenvalue weighted by atomic mass is 10.0. The molecular formula is C12H24N2O2. The molecule has 0 saturated heterocycles. The summed E-state index contributed by atoms with van der Waals surface area (Å²) in [7, 11) is 3.53. The van der Waals surface area contributed by atoms with Gasteiger partial charge in [-0.05, 0) is 39.3 Å². The lowest BCUT2D eigenvalue weighted by Crippen LogP contribution is -2.43. The maximum absolute atomic E-state index is 11.2. The monoisotopic (exact) mass is 228 g/mol. The van der Waals surface area contributed by atoms with Crippen LogP contribution in [0.1, 0.15) is 32.6 Å². The molecule has 16 heavy (non-hydrogen) atoms. The second-order valence-electron chi connectivity index (χ2n) is 4.79. The first-order valence-corrected chi connectivity index (χ1v) is 6.09. The molecule has 0 amide bonds. The zero-order valence-electron chi connectivity index (χ0n) is 10.6. The van der Waals surface area contributed by atoms with Crippen LogP contribution in [0.4, 0.5) is 0 Å². The van der Waals surface area contributed by atoms with Gasteiger partial charge in [0.1, 0.15) is 0 Å². The first kappa shape index (κ1) is 13.5. The molecule has 3 unspecified atom stereocenters. The van der Waals surface area contributed by atoms with Crippen LogP contribution in [-0.4, -0.2) is 43.7 Å². The van der Waals surface area contributed by atoms with Crippen LogP contribution in [-0.2, 0) is 9.53 Å². The number of nitrogens with two attached hydrogens (primary N) is 1. The molecular weight excluding hydrogens is 204 g/mol. The summed E-state index contributed by atoms with van der Waals surface area (Å²) in [5.74, 6) is 0.451. The summed E-state index contributed by atoms with van der Waals surface area (Å²) in [6.45, 7) is 2.82. The molecule has 0 spiro atoms. The van der Waals surface area contributed by atoms with E-state index in [1.165, 1.54) is 26.4 Å². The van der Waals surface area contributed by atoms with Crippen molar-refractivity contribution in [1.29, 1.82) is 0 Å². The fourth-order valence-electron chi connectivity index (χ4n) is 2.62. The van der Waals surface area contributed by atoms with Crippen LogP contribution in [0.15, 0.2) is 0 Å². The number of hydrogen-bond acceptors (Lipinski definition) is 4. The molecule has 0 radical (unpaired) electrons. The third-order valence-electron chi connectivity index (χ3n) is 3.83. The van der Waals surface area contributed by atoms with Gasteiger partial charge in [0.2, 0.25) is 0 Å². The number of hydrogen-bond donors (Lipinski definition) is 1. The zero-order chi connectivity index (χ0) is 12.1. The number of nitrogens with zero attached hydrogens (tertiary/aromatic N) is 1. The van der Waals surface area contributed by atoms with E-state index in [-0.39, 0.29) is 12.0 Å². The molecule has 1 aliphatic rings. The highest BCUT2D eigenvalue weighted by atomic mass is 16.5. The Morgan fingerprint density at radius 2 is 2.25 bits per heavy atom. The number of carbonyl (C=O) groups is 1. The van der Waals surface area contributed by atoms with Crippen LogP contribution < -0.4 is 5.73 Å². The van der Waals surface area contributed by atoms with E-state index in [2.05, 4.69) is 18.9 Å². The maximum Gasteiger partial charge on any atom is 0.307 e. The standard InChI is InChI=1S/C12H24N2O2/c1-9(7-12(15)16-3)14(2)11-6-4-5-10(11)8-13/h9-11H,4-8,13H2,1-3H3. The first-order chi connectivity index (χ1) is 7.60.